The molecule has 0 aliphatic heterocycles. The van der Waals surface area contributed by atoms with Crippen molar-refractivity contribution >= 4 is 59.7 Å². The summed E-state index contributed by atoms with van der Waals surface area (Å²) in [6.45, 7) is 3.12. The molecule has 20 heavy (non-hydrogen) atoms. The van der Waals surface area contributed by atoms with Gasteiger partial charge in [-0.15, -0.1) is 24.8 Å². The number of nitrogens with one attached hydrogen (secondary N) is 2. The number of aromatic nitrogens is 1. The van der Waals surface area contributed by atoms with Gasteiger partial charge in [-0.2, -0.15) is 0 Å². The van der Waals surface area contributed by atoms with Crippen molar-refractivity contribution in [2.75, 3.05) is 25.0 Å². The highest BCUT2D eigenvalue weighted by Gasteiger charge is 2.09. The number of halogens is 4. The molecule has 0 aromatic carbocycles. The Morgan fingerprint density at radius 2 is 2.05 bits per heavy atom. The third-order valence-corrected chi connectivity index (χ3v) is 2.82. The van der Waals surface area contributed by atoms with Crippen LogP contribution in [-0.2, 0) is 4.79 Å². The van der Waals surface area contributed by atoms with Gasteiger partial charge in [0, 0.05) is 31.7 Å². The van der Waals surface area contributed by atoms with Gasteiger partial charge in [0.1, 0.15) is 5.82 Å². The van der Waals surface area contributed by atoms with Gasteiger partial charge in [0.2, 0.25) is 5.91 Å². The highest BCUT2D eigenvalue weighted by atomic mass is 35.5. The van der Waals surface area contributed by atoms with Gasteiger partial charge in [0.05, 0.1) is 10.0 Å². The molecule has 0 saturated heterocycles. The molecule has 0 bridgehead atoms. The summed E-state index contributed by atoms with van der Waals surface area (Å²) < 4.78 is 0. The number of nitrogens with zero attached hydrogens (tertiary/aromatic N) is 1. The van der Waals surface area contributed by atoms with Crippen LogP contribution in [0.5, 0.6) is 0 Å². The van der Waals surface area contributed by atoms with E-state index in [0.717, 1.165) is 0 Å². The molecule has 0 aliphatic carbocycles. The summed E-state index contributed by atoms with van der Waals surface area (Å²) >= 11 is 11.7. The van der Waals surface area contributed by atoms with Crippen molar-refractivity contribution in [2.24, 2.45) is 11.7 Å². The molecule has 0 saturated carbocycles. The highest BCUT2D eigenvalue weighted by molar-refractivity contribution is 6.35. The van der Waals surface area contributed by atoms with Gasteiger partial charge in [0.15, 0.2) is 0 Å². The number of nitrogens with two attached hydrogens (primary N) is 1. The Balaban J connectivity index is 0. The van der Waals surface area contributed by atoms with E-state index in [1.807, 2.05) is 0 Å². The lowest BCUT2D eigenvalue weighted by Gasteiger charge is -2.11. The standard InChI is InChI=1S/C11H16Cl2N4O.2ClH/c1-7(5-14)11(18)16-3-2-15-10-9(13)4-8(12)6-17-10;;/h4,6-7H,2-3,5,14H2,1H3,(H,15,17)(H,16,18);2*1H. The topological polar surface area (TPSA) is 80.0 Å². The zero-order valence-corrected chi connectivity index (χ0v) is 14.0. The lowest BCUT2D eigenvalue weighted by molar-refractivity contribution is -0.124. The Morgan fingerprint density at radius 1 is 1.40 bits per heavy atom. The Hall–Kier alpha value is -0.460. The van der Waals surface area contributed by atoms with Crippen LogP contribution in [-0.4, -0.2) is 30.5 Å². The maximum Gasteiger partial charge on any atom is 0.224 e. The minimum absolute atomic E-state index is 0. The Kier molecular flexibility index (Phi) is 12.3. The largest absolute Gasteiger partial charge is 0.367 e. The van der Waals surface area contributed by atoms with E-state index in [9.17, 15) is 4.79 Å². The van der Waals surface area contributed by atoms with Gasteiger partial charge in [-0.25, -0.2) is 4.98 Å². The van der Waals surface area contributed by atoms with Crippen molar-refractivity contribution in [3.63, 3.8) is 0 Å². The highest BCUT2D eigenvalue weighted by Crippen LogP contribution is 2.21. The molecule has 9 heteroatoms. The fraction of sp³-hybridized carbons (Fsp3) is 0.455. The predicted octanol–water partition coefficient (Wildman–Crippen LogP) is 2.35. The zero-order valence-electron chi connectivity index (χ0n) is 10.9. The maximum absolute atomic E-state index is 11.4. The van der Waals surface area contributed by atoms with Gasteiger partial charge in [0.25, 0.3) is 0 Å². The lowest BCUT2D eigenvalue weighted by atomic mass is 10.2. The van der Waals surface area contributed by atoms with Crippen molar-refractivity contribution in [1.29, 1.82) is 0 Å². The van der Waals surface area contributed by atoms with Crippen molar-refractivity contribution in [2.45, 2.75) is 6.92 Å². The Morgan fingerprint density at radius 3 is 2.60 bits per heavy atom. The molecule has 5 nitrogen and oxygen atoms in total. The zero-order chi connectivity index (χ0) is 13.5. The van der Waals surface area contributed by atoms with Crippen LogP contribution in [0.1, 0.15) is 6.92 Å². The lowest BCUT2D eigenvalue weighted by Crippen LogP contribution is -2.36. The van der Waals surface area contributed by atoms with Gasteiger partial charge in [-0.1, -0.05) is 30.1 Å². The minimum atomic E-state index is -0.178. The third kappa shape index (κ3) is 7.36. The molecule has 1 atom stereocenters. The maximum atomic E-state index is 11.4. The van der Waals surface area contributed by atoms with E-state index < -0.39 is 0 Å². The second-order valence-electron chi connectivity index (χ2n) is 3.84. The molecule has 1 rings (SSSR count). The van der Waals surface area contributed by atoms with Crippen LogP contribution in [0.3, 0.4) is 0 Å². The molecule has 0 spiro atoms. The fourth-order valence-electron chi connectivity index (χ4n) is 1.19. The number of rotatable bonds is 6. The molecule has 116 valence electrons. The second kappa shape index (κ2) is 11.2. The number of carbonyl (C=O) groups excluding carboxylic acids is 1. The van der Waals surface area contributed by atoms with Crippen LogP contribution in [0.4, 0.5) is 5.82 Å². The Bertz CT molecular complexity index is 419. The number of hydrogen-bond acceptors (Lipinski definition) is 4. The van der Waals surface area contributed by atoms with Crippen molar-refractivity contribution in [3.8, 4) is 0 Å². The summed E-state index contributed by atoms with van der Waals surface area (Å²) in [5.41, 5.74) is 5.39. The van der Waals surface area contributed by atoms with Crippen LogP contribution < -0.4 is 16.4 Å². The smallest absolute Gasteiger partial charge is 0.224 e. The number of anilines is 1. The van der Waals surface area contributed by atoms with Crippen LogP contribution in [0.2, 0.25) is 10.0 Å². The van der Waals surface area contributed by atoms with E-state index in [1.165, 1.54) is 6.20 Å². The molecular weight excluding hydrogens is 346 g/mol. The van der Waals surface area contributed by atoms with Crippen LogP contribution in [0.25, 0.3) is 0 Å². The first-order valence-corrected chi connectivity index (χ1v) is 6.33. The molecule has 0 radical (unpaired) electrons. The number of carbonyl (C=O) groups is 1. The van der Waals surface area contributed by atoms with Crippen LogP contribution >= 0.6 is 48.0 Å². The number of pyridine rings is 1. The summed E-state index contributed by atoms with van der Waals surface area (Å²) in [6.07, 6.45) is 1.50. The summed E-state index contributed by atoms with van der Waals surface area (Å²) in [7, 11) is 0. The average Bonchev–Trinajstić information content (AvgIpc) is 2.35. The van der Waals surface area contributed by atoms with E-state index in [0.29, 0.717) is 35.5 Å². The van der Waals surface area contributed by atoms with Crippen molar-refractivity contribution in [1.82, 2.24) is 10.3 Å². The predicted molar refractivity (Wildman–Crippen MR) is 88.5 cm³/mol. The quantitative estimate of drug-likeness (QED) is 0.677. The molecule has 4 N–H and O–H groups in total. The normalized spacial score (nSPS) is 10.8. The molecular formula is C11H18Cl4N4O. The SMILES string of the molecule is CC(CN)C(=O)NCCNc1ncc(Cl)cc1Cl.Cl.Cl. The van der Waals surface area contributed by atoms with Crippen molar-refractivity contribution < 1.29 is 4.79 Å². The van der Waals surface area contributed by atoms with E-state index in [4.69, 9.17) is 28.9 Å². The second-order valence-corrected chi connectivity index (χ2v) is 4.68. The third-order valence-electron chi connectivity index (χ3n) is 2.33. The number of hydrogen-bond donors (Lipinski definition) is 3. The molecule has 1 aromatic heterocycles. The summed E-state index contributed by atoms with van der Waals surface area (Å²) in [4.78, 5) is 15.5. The molecule has 1 heterocycles. The molecule has 1 aromatic rings. The monoisotopic (exact) mass is 362 g/mol. The van der Waals surface area contributed by atoms with E-state index in [-0.39, 0.29) is 36.6 Å². The molecule has 1 unspecified atom stereocenters. The van der Waals surface area contributed by atoms with E-state index in [1.54, 1.807) is 13.0 Å². The Labute approximate surface area is 140 Å². The van der Waals surface area contributed by atoms with Crippen molar-refractivity contribution in [3.05, 3.63) is 22.3 Å². The first kappa shape index (κ1) is 21.8. The van der Waals surface area contributed by atoms with Crippen LogP contribution in [0, 0.1) is 5.92 Å². The van der Waals surface area contributed by atoms with E-state index in [2.05, 4.69) is 15.6 Å². The summed E-state index contributed by atoms with van der Waals surface area (Å²) in [5, 5.41) is 6.69. The molecule has 0 fully saturated rings. The molecule has 0 aliphatic rings. The van der Waals surface area contributed by atoms with Gasteiger partial charge < -0.3 is 16.4 Å². The molecule has 1 amide bonds. The average molecular weight is 364 g/mol. The van der Waals surface area contributed by atoms with Crippen LogP contribution in [0.15, 0.2) is 12.3 Å². The van der Waals surface area contributed by atoms with Gasteiger partial charge >= 0.3 is 0 Å². The van der Waals surface area contributed by atoms with Gasteiger partial charge in [-0.05, 0) is 6.07 Å². The fourth-order valence-corrected chi connectivity index (χ4v) is 1.64. The summed E-state index contributed by atoms with van der Waals surface area (Å²) in [6, 6.07) is 1.60. The van der Waals surface area contributed by atoms with Gasteiger partial charge in [-0.3, -0.25) is 4.79 Å². The first-order valence-electron chi connectivity index (χ1n) is 5.57. The van der Waals surface area contributed by atoms with E-state index >= 15 is 0 Å². The first-order chi connectivity index (χ1) is 8.54. The minimum Gasteiger partial charge on any atom is -0.367 e. The summed E-state index contributed by atoms with van der Waals surface area (Å²) in [5.74, 6) is 0.305. The number of amides is 1.